The van der Waals surface area contributed by atoms with Crippen LogP contribution in [0.4, 0.5) is 0 Å². The lowest BCUT2D eigenvalue weighted by Crippen LogP contribution is -2.33. The number of nitrogens with one attached hydrogen (secondary N) is 1. The Morgan fingerprint density at radius 1 is 1.41 bits per heavy atom. The third kappa shape index (κ3) is 2.96. The van der Waals surface area contributed by atoms with Crippen molar-refractivity contribution in [2.45, 2.75) is 19.4 Å². The summed E-state index contributed by atoms with van der Waals surface area (Å²) >= 11 is 2.05. The molecule has 0 aromatic heterocycles. The standard InChI is InChI=1S/C14H21NOS/c1-10-4-5-14(16-3)11(6-10)7-12-8-17-9-13(12)15-2/h4-6,12-13,15H,7-9H2,1-3H3. The molecule has 0 bridgehead atoms. The van der Waals surface area contributed by atoms with E-state index in [-0.39, 0.29) is 0 Å². The Balaban J connectivity index is 2.14. The maximum Gasteiger partial charge on any atom is 0.122 e. The average Bonchev–Trinajstić information content (AvgIpc) is 2.77. The Hall–Kier alpha value is -0.670. The summed E-state index contributed by atoms with van der Waals surface area (Å²) < 4.78 is 5.45. The van der Waals surface area contributed by atoms with E-state index in [1.165, 1.54) is 22.6 Å². The summed E-state index contributed by atoms with van der Waals surface area (Å²) in [5.74, 6) is 4.24. The van der Waals surface area contributed by atoms with Crippen molar-refractivity contribution in [3.8, 4) is 5.75 Å². The molecule has 0 saturated carbocycles. The minimum absolute atomic E-state index is 0.644. The molecular weight excluding hydrogens is 230 g/mol. The van der Waals surface area contributed by atoms with Crippen LogP contribution in [0, 0.1) is 12.8 Å². The molecule has 2 rings (SSSR count). The highest BCUT2D eigenvalue weighted by Crippen LogP contribution is 2.30. The number of rotatable bonds is 4. The fourth-order valence-electron chi connectivity index (χ4n) is 2.47. The molecule has 0 aliphatic carbocycles. The van der Waals surface area contributed by atoms with Crippen molar-refractivity contribution in [2.75, 3.05) is 25.7 Å². The SMILES string of the molecule is CNC1CSCC1Cc1cc(C)ccc1OC. The Morgan fingerprint density at radius 2 is 2.24 bits per heavy atom. The van der Waals surface area contributed by atoms with E-state index in [1.807, 2.05) is 11.8 Å². The van der Waals surface area contributed by atoms with Gasteiger partial charge in [-0.25, -0.2) is 0 Å². The summed E-state index contributed by atoms with van der Waals surface area (Å²) in [6, 6.07) is 7.10. The van der Waals surface area contributed by atoms with Crippen LogP contribution >= 0.6 is 11.8 Å². The number of methoxy groups -OCH3 is 1. The van der Waals surface area contributed by atoms with Crippen LogP contribution in [-0.2, 0) is 6.42 Å². The lowest BCUT2D eigenvalue weighted by atomic mass is 9.93. The summed E-state index contributed by atoms with van der Waals surface area (Å²) in [5.41, 5.74) is 2.66. The molecular formula is C14H21NOS. The maximum absolute atomic E-state index is 5.45. The van der Waals surface area contributed by atoms with Gasteiger partial charge in [0.25, 0.3) is 0 Å². The van der Waals surface area contributed by atoms with Gasteiger partial charge < -0.3 is 10.1 Å². The van der Waals surface area contributed by atoms with Crippen molar-refractivity contribution < 1.29 is 4.74 Å². The zero-order chi connectivity index (χ0) is 12.3. The third-order valence-electron chi connectivity index (χ3n) is 3.49. The van der Waals surface area contributed by atoms with Crippen molar-refractivity contribution in [1.29, 1.82) is 0 Å². The Morgan fingerprint density at radius 3 is 2.94 bits per heavy atom. The van der Waals surface area contributed by atoms with Crippen LogP contribution in [0.25, 0.3) is 0 Å². The van der Waals surface area contributed by atoms with Gasteiger partial charge in [0.2, 0.25) is 0 Å². The fraction of sp³-hybridized carbons (Fsp3) is 0.571. The molecule has 1 heterocycles. The molecule has 2 atom stereocenters. The zero-order valence-corrected chi connectivity index (χ0v) is 11.6. The van der Waals surface area contributed by atoms with E-state index < -0.39 is 0 Å². The lowest BCUT2D eigenvalue weighted by Gasteiger charge is -2.19. The first-order valence-electron chi connectivity index (χ1n) is 6.13. The monoisotopic (exact) mass is 251 g/mol. The minimum atomic E-state index is 0.644. The topological polar surface area (TPSA) is 21.3 Å². The van der Waals surface area contributed by atoms with Gasteiger partial charge in [-0.05, 0) is 43.7 Å². The van der Waals surface area contributed by atoms with Gasteiger partial charge in [0, 0.05) is 11.8 Å². The highest BCUT2D eigenvalue weighted by molar-refractivity contribution is 7.99. The van der Waals surface area contributed by atoms with Crippen molar-refractivity contribution >= 4 is 11.8 Å². The van der Waals surface area contributed by atoms with Gasteiger partial charge in [-0.3, -0.25) is 0 Å². The van der Waals surface area contributed by atoms with Gasteiger partial charge in [0.15, 0.2) is 0 Å². The normalized spacial score (nSPS) is 23.9. The number of benzene rings is 1. The molecule has 1 N–H and O–H groups in total. The molecule has 1 fully saturated rings. The quantitative estimate of drug-likeness (QED) is 0.888. The summed E-state index contributed by atoms with van der Waals surface area (Å²) in [5, 5.41) is 3.42. The van der Waals surface area contributed by atoms with Crippen LogP contribution in [-0.4, -0.2) is 31.7 Å². The predicted octanol–water partition coefficient (Wildman–Crippen LogP) is 2.50. The summed E-state index contributed by atoms with van der Waals surface area (Å²) in [6.07, 6.45) is 1.11. The maximum atomic E-state index is 5.45. The van der Waals surface area contributed by atoms with Gasteiger partial charge in [0.05, 0.1) is 7.11 Å². The van der Waals surface area contributed by atoms with Gasteiger partial charge in [-0.2, -0.15) is 11.8 Å². The van der Waals surface area contributed by atoms with E-state index >= 15 is 0 Å². The Labute approximate surface area is 108 Å². The van der Waals surface area contributed by atoms with Crippen LogP contribution in [0.2, 0.25) is 0 Å². The van der Waals surface area contributed by atoms with Crippen LogP contribution < -0.4 is 10.1 Å². The van der Waals surface area contributed by atoms with Crippen molar-refractivity contribution in [1.82, 2.24) is 5.32 Å². The Kier molecular flexibility index (Phi) is 4.35. The van der Waals surface area contributed by atoms with Gasteiger partial charge in [-0.15, -0.1) is 0 Å². The second kappa shape index (κ2) is 5.78. The van der Waals surface area contributed by atoms with E-state index in [9.17, 15) is 0 Å². The Bertz CT molecular complexity index is 380. The highest BCUT2D eigenvalue weighted by Gasteiger charge is 2.27. The second-order valence-corrected chi connectivity index (χ2v) is 5.79. The van der Waals surface area contributed by atoms with Crippen LogP contribution in [0.3, 0.4) is 0 Å². The largest absolute Gasteiger partial charge is 0.496 e. The molecule has 0 amide bonds. The van der Waals surface area contributed by atoms with Crippen molar-refractivity contribution in [3.05, 3.63) is 29.3 Å². The summed E-state index contributed by atoms with van der Waals surface area (Å²) in [4.78, 5) is 0. The molecule has 2 nitrogen and oxygen atoms in total. The number of thioether (sulfide) groups is 1. The number of hydrogen-bond acceptors (Lipinski definition) is 3. The van der Waals surface area contributed by atoms with E-state index in [2.05, 4.69) is 37.5 Å². The molecule has 1 saturated heterocycles. The molecule has 94 valence electrons. The van der Waals surface area contributed by atoms with Crippen molar-refractivity contribution in [2.24, 2.45) is 5.92 Å². The summed E-state index contributed by atoms with van der Waals surface area (Å²) in [7, 11) is 3.82. The number of hydrogen-bond donors (Lipinski definition) is 1. The minimum Gasteiger partial charge on any atom is -0.496 e. The van der Waals surface area contributed by atoms with E-state index in [0.717, 1.165) is 18.1 Å². The first-order valence-corrected chi connectivity index (χ1v) is 7.28. The molecule has 0 spiro atoms. The molecule has 1 aliphatic rings. The van der Waals surface area contributed by atoms with Gasteiger partial charge in [0.1, 0.15) is 5.75 Å². The molecule has 17 heavy (non-hydrogen) atoms. The summed E-state index contributed by atoms with van der Waals surface area (Å²) in [6.45, 7) is 2.14. The lowest BCUT2D eigenvalue weighted by molar-refractivity contribution is 0.398. The van der Waals surface area contributed by atoms with E-state index in [1.54, 1.807) is 7.11 Å². The van der Waals surface area contributed by atoms with Gasteiger partial charge in [-0.1, -0.05) is 17.7 Å². The van der Waals surface area contributed by atoms with E-state index in [4.69, 9.17) is 4.74 Å². The number of aryl methyl sites for hydroxylation is 1. The molecule has 3 heteroatoms. The van der Waals surface area contributed by atoms with Crippen molar-refractivity contribution in [3.63, 3.8) is 0 Å². The molecule has 1 aromatic rings. The highest BCUT2D eigenvalue weighted by atomic mass is 32.2. The van der Waals surface area contributed by atoms with Gasteiger partial charge >= 0.3 is 0 Å². The molecule has 2 unspecified atom stereocenters. The molecule has 0 radical (unpaired) electrons. The second-order valence-electron chi connectivity index (χ2n) is 4.71. The van der Waals surface area contributed by atoms with Crippen LogP contribution in [0.1, 0.15) is 11.1 Å². The molecule has 1 aliphatic heterocycles. The predicted molar refractivity (Wildman–Crippen MR) is 75.1 cm³/mol. The first kappa shape index (κ1) is 12.8. The zero-order valence-electron chi connectivity index (χ0n) is 10.8. The smallest absolute Gasteiger partial charge is 0.122 e. The molecule has 1 aromatic carbocycles. The third-order valence-corrected chi connectivity index (χ3v) is 4.75. The fourth-order valence-corrected chi connectivity index (χ4v) is 3.95. The van der Waals surface area contributed by atoms with E-state index in [0.29, 0.717) is 6.04 Å². The number of ether oxygens (including phenoxy) is 1. The average molecular weight is 251 g/mol. The van der Waals surface area contributed by atoms with Crippen LogP contribution in [0.15, 0.2) is 18.2 Å². The first-order chi connectivity index (χ1) is 8.24. The van der Waals surface area contributed by atoms with Crippen LogP contribution in [0.5, 0.6) is 5.75 Å².